The predicted octanol–water partition coefficient (Wildman–Crippen LogP) is 2.73. The van der Waals surface area contributed by atoms with E-state index in [2.05, 4.69) is 10.3 Å². The van der Waals surface area contributed by atoms with Gasteiger partial charge in [-0.15, -0.1) is 0 Å². The van der Waals surface area contributed by atoms with Crippen LogP contribution in [0.1, 0.15) is 33.2 Å². The van der Waals surface area contributed by atoms with Gasteiger partial charge in [-0.1, -0.05) is 0 Å². The van der Waals surface area contributed by atoms with Gasteiger partial charge in [-0.25, -0.2) is 9.78 Å². The molecule has 8 nitrogen and oxygen atoms in total. The third-order valence-electron chi connectivity index (χ3n) is 3.17. The van der Waals surface area contributed by atoms with E-state index in [9.17, 15) is 19.7 Å². The Labute approximate surface area is 137 Å². The first-order valence-corrected chi connectivity index (χ1v) is 7.12. The van der Waals surface area contributed by atoms with Crippen molar-refractivity contribution in [1.29, 1.82) is 0 Å². The molecular formula is C16H15N3O5. The van der Waals surface area contributed by atoms with Gasteiger partial charge in [-0.3, -0.25) is 14.9 Å². The highest BCUT2D eigenvalue weighted by atomic mass is 16.6. The van der Waals surface area contributed by atoms with Crippen LogP contribution in [0.3, 0.4) is 0 Å². The first kappa shape index (κ1) is 17.1. The third-order valence-corrected chi connectivity index (χ3v) is 3.17. The van der Waals surface area contributed by atoms with Crippen LogP contribution in [0.25, 0.3) is 0 Å². The molecule has 0 fully saturated rings. The minimum Gasteiger partial charge on any atom is -0.462 e. The molecule has 24 heavy (non-hydrogen) atoms. The largest absolute Gasteiger partial charge is 0.462 e. The van der Waals surface area contributed by atoms with Crippen LogP contribution in [0.2, 0.25) is 0 Å². The van der Waals surface area contributed by atoms with E-state index < -0.39 is 16.8 Å². The van der Waals surface area contributed by atoms with Crippen molar-refractivity contribution in [3.8, 4) is 0 Å². The number of nitro groups is 1. The average molecular weight is 329 g/mol. The molecule has 0 unspecified atom stereocenters. The van der Waals surface area contributed by atoms with Crippen LogP contribution >= 0.6 is 0 Å². The van der Waals surface area contributed by atoms with Crippen LogP contribution in [-0.4, -0.2) is 28.4 Å². The monoisotopic (exact) mass is 329 g/mol. The molecule has 0 saturated carbocycles. The molecule has 0 aliphatic rings. The lowest BCUT2D eigenvalue weighted by molar-refractivity contribution is -0.385. The molecular weight excluding hydrogens is 314 g/mol. The summed E-state index contributed by atoms with van der Waals surface area (Å²) in [6.07, 6.45) is 1.38. The van der Waals surface area contributed by atoms with Gasteiger partial charge in [0, 0.05) is 23.4 Å². The third kappa shape index (κ3) is 3.92. The number of pyridine rings is 1. The van der Waals surface area contributed by atoms with Crippen molar-refractivity contribution in [3.63, 3.8) is 0 Å². The highest BCUT2D eigenvalue weighted by molar-refractivity contribution is 6.04. The summed E-state index contributed by atoms with van der Waals surface area (Å²) in [4.78, 5) is 38.1. The second-order valence-corrected chi connectivity index (χ2v) is 4.86. The van der Waals surface area contributed by atoms with Gasteiger partial charge in [-0.05, 0) is 38.1 Å². The normalized spacial score (nSPS) is 10.1. The minimum absolute atomic E-state index is 0.0611. The number of benzene rings is 1. The Morgan fingerprint density at radius 1 is 1.25 bits per heavy atom. The molecule has 8 heteroatoms. The van der Waals surface area contributed by atoms with E-state index in [4.69, 9.17) is 4.74 Å². The fourth-order valence-electron chi connectivity index (χ4n) is 2.03. The fraction of sp³-hybridized carbons (Fsp3) is 0.188. The second kappa shape index (κ2) is 7.32. The number of nitrogens with one attached hydrogen (secondary N) is 1. The van der Waals surface area contributed by atoms with Crippen LogP contribution in [-0.2, 0) is 4.74 Å². The van der Waals surface area contributed by atoms with Gasteiger partial charge in [0.25, 0.3) is 11.6 Å². The predicted molar refractivity (Wildman–Crippen MR) is 86.0 cm³/mol. The first-order chi connectivity index (χ1) is 11.4. The van der Waals surface area contributed by atoms with Crippen molar-refractivity contribution < 1.29 is 19.2 Å². The molecule has 0 bridgehead atoms. The summed E-state index contributed by atoms with van der Waals surface area (Å²) in [6.45, 7) is 3.48. The molecule has 1 N–H and O–H groups in total. The fourth-order valence-corrected chi connectivity index (χ4v) is 2.03. The van der Waals surface area contributed by atoms with Crippen molar-refractivity contribution in [2.45, 2.75) is 13.8 Å². The number of amides is 1. The number of anilines is 1. The molecule has 1 aromatic carbocycles. The Bertz CT molecular complexity index is 804. The van der Waals surface area contributed by atoms with Crippen LogP contribution < -0.4 is 5.32 Å². The van der Waals surface area contributed by atoms with E-state index in [-0.39, 0.29) is 29.2 Å². The lowest BCUT2D eigenvalue weighted by Gasteiger charge is -2.07. The van der Waals surface area contributed by atoms with Crippen LogP contribution in [0.15, 0.2) is 36.5 Å². The number of ether oxygens (including phenoxy) is 1. The molecule has 1 amide bonds. The molecule has 1 aromatic heterocycles. The van der Waals surface area contributed by atoms with E-state index in [0.717, 1.165) is 0 Å². The Balaban J connectivity index is 2.18. The number of nitrogens with zero attached hydrogens (tertiary/aromatic N) is 2. The average Bonchev–Trinajstić information content (AvgIpc) is 2.54. The van der Waals surface area contributed by atoms with Gasteiger partial charge in [0.2, 0.25) is 0 Å². The Morgan fingerprint density at radius 3 is 2.62 bits per heavy atom. The summed E-state index contributed by atoms with van der Waals surface area (Å²) in [5.41, 5.74) is 0.832. The zero-order valence-electron chi connectivity index (χ0n) is 13.1. The number of carbonyl (C=O) groups is 2. The van der Waals surface area contributed by atoms with Crippen LogP contribution in [0.4, 0.5) is 11.5 Å². The summed E-state index contributed by atoms with van der Waals surface area (Å²) < 4.78 is 4.88. The smallest absolute Gasteiger partial charge is 0.338 e. The highest BCUT2D eigenvalue weighted by Gasteiger charge is 2.15. The molecule has 124 valence electrons. The summed E-state index contributed by atoms with van der Waals surface area (Å²) in [5, 5.41) is 13.3. The quantitative estimate of drug-likeness (QED) is 0.513. The molecule has 0 saturated heterocycles. The zero-order valence-corrected chi connectivity index (χ0v) is 13.1. The van der Waals surface area contributed by atoms with Crippen molar-refractivity contribution in [3.05, 3.63) is 63.3 Å². The molecule has 0 aliphatic carbocycles. The van der Waals surface area contributed by atoms with Crippen molar-refractivity contribution >= 4 is 23.4 Å². The van der Waals surface area contributed by atoms with Gasteiger partial charge in [0.05, 0.1) is 17.1 Å². The van der Waals surface area contributed by atoms with Crippen molar-refractivity contribution in [2.24, 2.45) is 0 Å². The molecule has 0 atom stereocenters. The molecule has 2 aromatic rings. The molecule has 1 heterocycles. The summed E-state index contributed by atoms with van der Waals surface area (Å²) >= 11 is 0. The minimum atomic E-state index is -0.513. The van der Waals surface area contributed by atoms with E-state index in [1.54, 1.807) is 13.8 Å². The Morgan fingerprint density at radius 2 is 2.00 bits per heavy atom. The Kier molecular flexibility index (Phi) is 5.20. The molecule has 2 rings (SSSR count). The number of rotatable bonds is 5. The van der Waals surface area contributed by atoms with Gasteiger partial charge < -0.3 is 10.1 Å². The van der Waals surface area contributed by atoms with Crippen molar-refractivity contribution in [1.82, 2.24) is 4.98 Å². The van der Waals surface area contributed by atoms with Gasteiger partial charge in [0.15, 0.2) is 0 Å². The topological polar surface area (TPSA) is 111 Å². The number of aryl methyl sites for hydroxylation is 1. The highest BCUT2D eigenvalue weighted by Crippen LogP contribution is 2.19. The molecule has 0 spiro atoms. The van der Waals surface area contributed by atoms with Gasteiger partial charge in [-0.2, -0.15) is 0 Å². The Hall–Kier alpha value is -3.29. The van der Waals surface area contributed by atoms with E-state index in [0.29, 0.717) is 5.56 Å². The summed E-state index contributed by atoms with van der Waals surface area (Å²) in [5.74, 6) is -0.815. The lowest BCUT2D eigenvalue weighted by Crippen LogP contribution is -2.14. The zero-order chi connectivity index (χ0) is 17.7. The maximum Gasteiger partial charge on any atom is 0.338 e. The number of nitro benzene ring substituents is 1. The number of carbonyl (C=O) groups excluding carboxylic acids is 2. The first-order valence-electron chi connectivity index (χ1n) is 7.12. The number of hydrogen-bond acceptors (Lipinski definition) is 6. The van der Waals surface area contributed by atoms with Gasteiger partial charge in [0.1, 0.15) is 5.82 Å². The van der Waals surface area contributed by atoms with E-state index in [1.807, 2.05) is 0 Å². The van der Waals surface area contributed by atoms with Crippen molar-refractivity contribution in [2.75, 3.05) is 11.9 Å². The standard InChI is InChI=1S/C16H15N3O5/c1-3-24-16(21)12-6-7-17-14(9-12)18-15(20)11-4-5-13(19(22)23)10(2)8-11/h4-9H,3H2,1-2H3,(H,17,18,20). The van der Waals surface area contributed by atoms with E-state index >= 15 is 0 Å². The number of aromatic nitrogens is 1. The molecule has 0 radical (unpaired) electrons. The second-order valence-electron chi connectivity index (χ2n) is 4.86. The van der Waals surface area contributed by atoms with E-state index in [1.165, 1.54) is 36.5 Å². The SMILES string of the molecule is CCOC(=O)c1ccnc(NC(=O)c2ccc([N+](=O)[O-])c(C)c2)c1. The maximum absolute atomic E-state index is 12.2. The lowest BCUT2D eigenvalue weighted by atomic mass is 10.1. The maximum atomic E-state index is 12.2. The van der Waals surface area contributed by atoms with Crippen LogP contribution in [0.5, 0.6) is 0 Å². The summed E-state index contributed by atoms with van der Waals surface area (Å²) in [6, 6.07) is 6.92. The number of hydrogen-bond donors (Lipinski definition) is 1. The van der Waals surface area contributed by atoms with Gasteiger partial charge >= 0.3 is 5.97 Å². The number of esters is 1. The summed E-state index contributed by atoms with van der Waals surface area (Å²) in [7, 11) is 0. The molecule has 0 aliphatic heterocycles. The van der Waals surface area contributed by atoms with Crippen LogP contribution in [0, 0.1) is 17.0 Å².